The third-order valence-corrected chi connectivity index (χ3v) is 8.57. The topological polar surface area (TPSA) is 45.5 Å². The van der Waals surface area contributed by atoms with Gasteiger partial charge in [0.05, 0.1) is 5.52 Å². The predicted molar refractivity (Wildman–Crippen MR) is 136 cm³/mol. The molecule has 6 rings (SSSR count). The van der Waals surface area contributed by atoms with Gasteiger partial charge in [-0.1, -0.05) is 42.5 Å². The molecule has 0 radical (unpaired) electrons. The first-order valence-corrected chi connectivity index (χ1v) is 13.3. The first-order valence-electron chi connectivity index (χ1n) is 13.3. The number of phenolic OH excluding ortho intramolecular Hbond substituents is 1. The van der Waals surface area contributed by atoms with Crippen molar-refractivity contribution in [3.63, 3.8) is 0 Å². The second kappa shape index (κ2) is 9.22. The molecule has 2 saturated heterocycles. The largest absolute Gasteiger partial charge is 0.506 e. The van der Waals surface area contributed by atoms with Gasteiger partial charge in [-0.25, -0.2) is 0 Å². The molecule has 3 aromatic rings. The van der Waals surface area contributed by atoms with Gasteiger partial charge in [-0.05, 0) is 75.3 Å². The Labute approximate surface area is 202 Å². The molecule has 1 aliphatic carbocycles. The lowest BCUT2D eigenvalue weighted by Gasteiger charge is -2.39. The highest BCUT2D eigenvalue weighted by atomic mass is 16.3. The van der Waals surface area contributed by atoms with Gasteiger partial charge < -0.3 is 9.67 Å². The van der Waals surface area contributed by atoms with E-state index in [1.54, 1.807) is 6.07 Å². The van der Waals surface area contributed by atoms with E-state index >= 15 is 0 Å². The first kappa shape index (κ1) is 21.9. The lowest BCUT2D eigenvalue weighted by molar-refractivity contribution is 0.0968. The summed E-state index contributed by atoms with van der Waals surface area (Å²) in [6.45, 7) is 1.96. The number of aromatic hydroxyl groups is 1. The smallest absolute Gasteiger partial charge is 0.168 e. The fourth-order valence-corrected chi connectivity index (χ4v) is 6.71. The second-order valence-corrected chi connectivity index (χ2v) is 10.9. The van der Waals surface area contributed by atoms with Gasteiger partial charge in [-0.3, -0.25) is 9.69 Å². The van der Waals surface area contributed by atoms with Gasteiger partial charge in [-0.2, -0.15) is 0 Å². The zero-order chi connectivity index (χ0) is 23.1. The maximum Gasteiger partial charge on any atom is 0.168 e. The highest BCUT2D eigenvalue weighted by Crippen LogP contribution is 2.41. The zero-order valence-electron chi connectivity index (χ0n) is 20.0. The summed E-state index contributed by atoms with van der Waals surface area (Å²) in [5.74, 6) is 1.59. The number of phenols is 1. The van der Waals surface area contributed by atoms with Crippen molar-refractivity contribution in [1.29, 1.82) is 0 Å². The van der Waals surface area contributed by atoms with Crippen molar-refractivity contribution < 1.29 is 9.90 Å². The van der Waals surface area contributed by atoms with Gasteiger partial charge in [0.25, 0.3) is 0 Å². The number of carbonyl (C=O) groups is 1. The van der Waals surface area contributed by atoms with Crippen LogP contribution < -0.4 is 0 Å². The average Bonchev–Trinajstić information content (AvgIpc) is 3.60. The van der Waals surface area contributed by atoms with Crippen LogP contribution in [0.25, 0.3) is 10.9 Å². The maximum absolute atomic E-state index is 12.8. The Morgan fingerprint density at radius 1 is 0.912 bits per heavy atom. The van der Waals surface area contributed by atoms with Gasteiger partial charge in [0.1, 0.15) is 5.75 Å². The Balaban J connectivity index is 1.08. The minimum atomic E-state index is 0.195. The van der Waals surface area contributed by atoms with Crippen molar-refractivity contribution in [2.75, 3.05) is 6.54 Å². The number of para-hydroxylation sites is 1. The van der Waals surface area contributed by atoms with Crippen molar-refractivity contribution in [1.82, 2.24) is 9.47 Å². The van der Waals surface area contributed by atoms with Crippen LogP contribution in [0.15, 0.2) is 54.7 Å². The van der Waals surface area contributed by atoms with Crippen LogP contribution in [0.5, 0.6) is 5.75 Å². The van der Waals surface area contributed by atoms with E-state index in [2.05, 4.69) is 39.8 Å². The summed E-state index contributed by atoms with van der Waals surface area (Å²) >= 11 is 0. The molecule has 2 bridgehead atoms. The van der Waals surface area contributed by atoms with Crippen LogP contribution in [0, 0.1) is 11.8 Å². The Kier molecular flexibility index (Phi) is 5.94. The van der Waals surface area contributed by atoms with Crippen LogP contribution in [0.4, 0.5) is 0 Å². The van der Waals surface area contributed by atoms with E-state index in [-0.39, 0.29) is 17.5 Å². The fraction of sp³-hybridized carbons (Fsp3) is 0.500. The summed E-state index contributed by atoms with van der Waals surface area (Å²) in [5, 5.41) is 11.5. The molecule has 2 unspecified atom stereocenters. The number of hydrogen-bond donors (Lipinski definition) is 1. The number of rotatable bonds is 9. The Bertz CT molecular complexity index is 1150. The van der Waals surface area contributed by atoms with E-state index in [9.17, 15) is 9.90 Å². The summed E-state index contributed by atoms with van der Waals surface area (Å²) < 4.78 is 2.13. The summed E-state index contributed by atoms with van der Waals surface area (Å²) in [4.78, 5) is 15.6. The van der Waals surface area contributed by atoms with Crippen molar-refractivity contribution >= 4 is 16.7 Å². The van der Waals surface area contributed by atoms with Crippen LogP contribution >= 0.6 is 0 Å². The number of fused-ring (bicyclic) bond motifs is 3. The van der Waals surface area contributed by atoms with Crippen LogP contribution in [-0.2, 0) is 13.0 Å². The Hall–Kier alpha value is -2.59. The lowest BCUT2D eigenvalue weighted by atomic mass is 9.86. The SMILES string of the molecule is O=C(c1cn(CCCN2C3CCC2CC(CCc2ccccc2)C3)c2c(O)cccc12)C1CC1. The number of nitrogens with zero attached hydrogens (tertiary/aromatic N) is 2. The molecule has 178 valence electrons. The summed E-state index contributed by atoms with van der Waals surface area (Å²) in [6, 6.07) is 18.0. The molecule has 1 N–H and O–H groups in total. The molecule has 3 fully saturated rings. The Morgan fingerprint density at radius 3 is 2.41 bits per heavy atom. The summed E-state index contributed by atoms with van der Waals surface area (Å²) in [6.07, 6.45) is 13.0. The van der Waals surface area contributed by atoms with Gasteiger partial charge in [-0.15, -0.1) is 0 Å². The molecule has 2 aliphatic heterocycles. The number of aromatic nitrogens is 1. The molecule has 3 heterocycles. The minimum absolute atomic E-state index is 0.195. The first-order chi connectivity index (χ1) is 16.7. The third-order valence-electron chi connectivity index (χ3n) is 8.57. The number of piperidine rings is 1. The molecule has 1 saturated carbocycles. The fourth-order valence-electron chi connectivity index (χ4n) is 6.71. The molecule has 4 heteroatoms. The molecule has 2 aromatic carbocycles. The van der Waals surface area contributed by atoms with Crippen LogP contribution in [-0.4, -0.2) is 39.0 Å². The number of hydrogen-bond acceptors (Lipinski definition) is 3. The monoisotopic (exact) mass is 456 g/mol. The van der Waals surface area contributed by atoms with E-state index in [4.69, 9.17) is 0 Å². The second-order valence-electron chi connectivity index (χ2n) is 10.9. The van der Waals surface area contributed by atoms with E-state index in [1.807, 2.05) is 18.3 Å². The number of aryl methyl sites for hydroxylation is 2. The standard InChI is InChI=1S/C30H36N2O2/c33-28-9-4-8-26-27(30(34)23-12-13-23)20-31(29(26)28)16-5-17-32-24-14-15-25(32)19-22(18-24)11-10-21-6-2-1-3-7-21/h1-4,6-9,20,22-25,33H,5,10-19H2. The highest BCUT2D eigenvalue weighted by molar-refractivity contribution is 6.10. The van der Waals surface area contributed by atoms with Gasteiger partial charge >= 0.3 is 0 Å². The van der Waals surface area contributed by atoms with Crippen LogP contribution in [0.2, 0.25) is 0 Å². The minimum Gasteiger partial charge on any atom is -0.506 e. The van der Waals surface area contributed by atoms with Crippen LogP contribution in [0.1, 0.15) is 67.3 Å². The molecule has 0 spiro atoms. The third kappa shape index (κ3) is 4.29. The number of benzene rings is 2. The van der Waals surface area contributed by atoms with E-state index in [0.29, 0.717) is 0 Å². The molecule has 34 heavy (non-hydrogen) atoms. The number of ketones is 1. The van der Waals surface area contributed by atoms with E-state index < -0.39 is 0 Å². The summed E-state index contributed by atoms with van der Waals surface area (Å²) in [5.41, 5.74) is 3.10. The molecule has 3 aliphatic rings. The molecule has 4 nitrogen and oxygen atoms in total. The molecule has 2 atom stereocenters. The Morgan fingerprint density at radius 2 is 1.68 bits per heavy atom. The van der Waals surface area contributed by atoms with Gasteiger partial charge in [0.15, 0.2) is 5.78 Å². The molecular formula is C30H36N2O2. The van der Waals surface area contributed by atoms with E-state index in [1.165, 1.54) is 44.1 Å². The highest BCUT2D eigenvalue weighted by Gasteiger charge is 2.40. The van der Waals surface area contributed by atoms with Crippen molar-refractivity contribution in [2.24, 2.45) is 11.8 Å². The number of carbonyl (C=O) groups excluding carboxylic acids is 1. The van der Waals surface area contributed by atoms with Gasteiger partial charge in [0.2, 0.25) is 0 Å². The van der Waals surface area contributed by atoms with Crippen molar-refractivity contribution in [2.45, 2.75) is 76.4 Å². The maximum atomic E-state index is 12.8. The molecule has 1 aromatic heterocycles. The van der Waals surface area contributed by atoms with E-state index in [0.717, 1.165) is 66.8 Å². The number of Topliss-reactive ketones (excluding diaryl/α,β-unsaturated/α-hetero) is 1. The predicted octanol–water partition coefficient (Wildman–Crippen LogP) is 6.21. The molecule has 0 amide bonds. The van der Waals surface area contributed by atoms with Crippen molar-refractivity contribution in [3.05, 3.63) is 65.9 Å². The van der Waals surface area contributed by atoms with Crippen LogP contribution in [0.3, 0.4) is 0 Å². The lowest BCUT2D eigenvalue weighted by Crippen LogP contribution is -2.43. The quantitative estimate of drug-likeness (QED) is 0.390. The normalized spacial score (nSPS) is 24.6. The summed E-state index contributed by atoms with van der Waals surface area (Å²) in [7, 11) is 0. The molecular weight excluding hydrogens is 420 g/mol. The van der Waals surface area contributed by atoms with Gasteiger partial charge in [0, 0.05) is 48.2 Å². The average molecular weight is 457 g/mol. The van der Waals surface area contributed by atoms with Crippen molar-refractivity contribution in [3.8, 4) is 5.75 Å². The zero-order valence-corrected chi connectivity index (χ0v) is 20.0.